The van der Waals surface area contributed by atoms with Gasteiger partial charge in [0.15, 0.2) is 0 Å². The second-order valence-electron chi connectivity index (χ2n) is 5.85. The summed E-state index contributed by atoms with van der Waals surface area (Å²) in [5.74, 6) is 0.750. The van der Waals surface area contributed by atoms with Gasteiger partial charge < -0.3 is 24.8 Å². The predicted molar refractivity (Wildman–Crippen MR) is 97.5 cm³/mol. The van der Waals surface area contributed by atoms with Crippen molar-refractivity contribution < 1.29 is 19.0 Å². The molecule has 0 unspecified atom stereocenters. The maximum absolute atomic E-state index is 11.9. The molecule has 1 aromatic carbocycles. The number of nitrogens with zero attached hydrogens (tertiary/aromatic N) is 1. The van der Waals surface area contributed by atoms with Gasteiger partial charge in [-0.1, -0.05) is 6.07 Å². The maximum Gasteiger partial charge on any atom is 0.319 e. The number of benzene rings is 1. The van der Waals surface area contributed by atoms with Gasteiger partial charge in [-0.2, -0.15) is 0 Å². The Morgan fingerprint density at radius 2 is 2.08 bits per heavy atom. The lowest BCUT2D eigenvalue weighted by Crippen LogP contribution is -2.41. The van der Waals surface area contributed by atoms with Gasteiger partial charge in [0.1, 0.15) is 5.75 Å². The molecule has 1 aliphatic rings. The van der Waals surface area contributed by atoms with Crippen molar-refractivity contribution in [3.05, 3.63) is 54.4 Å². The first kappa shape index (κ1) is 18.2. The number of rotatable bonds is 7. The lowest BCUT2D eigenvalue weighted by Gasteiger charge is -2.23. The minimum atomic E-state index is -0.275. The van der Waals surface area contributed by atoms with Crippen LogP contribution in [0.1, 0.15) is 5.69 Å². The number of pyridine rings is 1. The minimum Gasteiger partial charge on any atom is -0.493 e. The summed E-state index contributed by atoms with van der Waals surface area (Å²) in [6, 6.07) is 12.8. The summed E-state index contributed by atoms with van der Waals surface area (Å²) in [6.07, 6.45) is 2.43. The molecule has 7 heteroatoms. The molecule has 0 radical (unpaired) electrons. The molecule has 0 spiro atoms. The quantitative estimate of drug-likeness (QED) is 0.794. The topological polar surface area (TPSA) is 81.7 Å². The van der Waals surface area contributed by atoms with Crippen molar-refractivity contribution in [3.8, 4) is 5.75 Å². The van der Waals surface area contributed by atoms with Gasteiger partial charge in [-0.05, 0) is 36.4 Å². The molecule has 138 valence electrons. The van der Waals surface area contributed by atoms with Crippen molar-refractivity contribution in [1.82, 2.24) is 10.3 Å². The summed E-state index contributed by atoms with van der Waals surface area (Å²) in [5.41, 5.74) is 1.69. The zero-order valence-corrected chi connectivity index (χ0v) is 14.5. The zero-order chi connectivity index (χ0) is 18.0. The fourth-order valence-corrected chi connectivity index (χ4v) is 2.49. The number of carbonyl (C=O) groups is 1. The van der Waals surface area contributed by atoms with Gasteiger partial charge in [0, 0.05) is 30.5 Å². The molecule has 3 rings (SSSR count). The first-order valence-electron chi connectivity index (χ1n) is 8.66. The Morgan fingerprint density at radius 3 is 2.81 bits per heavy atom. The maximum atomic E-state index is 11.9. The third-order valence-corrected chi connectivity index (χ3v) is 3.84. The third kappa shape index (κ3) is 6.02. The highest BCUT2D eigenvalue weighted by Crippen LogP contribution is 2.16. The molecule has 1 aliphatic heterocycles. The van der Waals surface area contributed by atoms with E-state index >= 15 is 0 Å². The largest absolute Gasteiger partial charge is 0.493 e. The molecule has 0 saturated carbocycles. The van der Waals surface area contributed by atoms with Crippen LogP contribution in [0, 0.1) is 0 Å². The van der Waals surface area contributed by atoms with Crippen LogP contribution in [-0.2, 0) is 15.9 Å². The van der Waals surface area contributed by atoms with Gasteiger partial charge in [0.2, 0.25) is 0 Å². The Hall–Kier alpha value is -2.64. The summed E-state index contributed by atoms with van der Waals surface area (Å²) >= 11 is 0. The van der Waals surface area contributed by atoms with Crippen molar-refractivity contribution in [2.75, 3.05) is 38.3 Å². The summed E-state index contributed by atoms with van der Waals surface area (Å²) in [7, 11) is 0. The van der Waals surface area contributed by atoms with E-state index in [0.717, 1.165) is 17.9 Å². The Kier molecular flexibility index (Phi) is 6.80. The van der Waals surface area contributed by atoms with E-state index in [1.807, 2.05) is 30.3 Å². The molecule has 2 N–H and O–H groups in total. The van der Waals surface area contributed by atoms with Crippen LogP contribution >= 0.6 is 0 Å². The molecule has 1 fully saturated rings. The Morgan fingerprint density at radius 1 is 1.19 bits per heavy atom. The van der Waals surface area contributed by atoms with Gasteiger partial charge in [-0.15, -0.1) is 0 Å². The van der Waals surface area contributed by atoms with Crippen molar-refractivity contribution in [1.29, 1.82) is 0 Å². The number of urea groups is 1. The van der Waals surface area contributed by atoms with Crippen LogP contribution in [0.4, 0.5) is 10.5 Å². The van der Waals surface area contributed by atoms with Crippen molar-refractivity contribution in [2.45, 2.75) is 12.5 Å². The highest BCUT2D eigenvalue weighted by atomic mass is 16.6. The molecule has 2 aromatic rings. The van der Waals surface area contributed by atoms with Crippen molar-refractivity contribution in [2.24, 2.45) is 0 Å². The second kappa shape index (κ2) is 9.74. The molecule has 0 aliphatic carbocycles. The number of carbonyl (C=O) groups excluding carboxylic acids is 1. The normalized spacial score (nSPS) is 16.7. The van der Waals surface area contributed by atoms with Gasteiger partial charge in [-0.3, -0.25) is 4.98 Å². The molecule has 26 heavy (non-hydrogen) atoms. The van der Waals surface area contributed by atoms with Gasteiger partial charge >= 0.3 is 6.03 Å². The summed E-state index contributed by atoms with van der Waals surface area (Å²) in [4.78, 5) is 16.2. The van der Waals surface area contributed by atoms with E-state index < -0.39 is 0 Å². The van der Waals surface area contributed by atoms with Crippen LogP contribution in [0.3, 0.4) is 0 Å². The van der Waals surface area contributed by atoms with Gasteiger partial charge in [0.05, 0.1) is 32.5 Å². The molecule has 1 saturated heterocycles. The molecule has 0 bridgehead atoms. The first-order chi connectivity index (χ1) is 12.8. The molecule has 1 aromatic heterocycles. The molecule has 1 atom stereocenters. The van der Waals surface area contributed by atoms with E-state index in [2.05, 4.69) is 15.6 Å². The Bertz CT molecular complexity index is 673. The summed E-state index contributed by atoms with van der Waals surface area (Å²) < 4.78 is 16.5. The fourth-order valence-electron chi connectivity index (χ4n) is 2.49. The molecular formula is C19H23N3O4. The third-order valence-electron chi connectivity index (χ3n) is 3.84. The monoisotopic (exact) mass is 357 g/mol. The lowest BCUT2D eigenvalue weighted by molar-refractivity contribution is -0.0852. The predicted octanol–water partition coefficient (Wildman–Crippen LogP) is 2.24. The molecule has 2 amide bonds. The average molecular weight is 357 g/mol. The van der Waals surface area contributed by atoms with E-state index in [4.69, 9.17) is 14.2 Å². The number of nitrogens with one attached hydrogen (secondary N) is 2. The highest BCUT2D eigenvalue weighted by Gasteiger charge is 2.15. The van der Waals surface area contributed by atoms with Crippen LogP contribution in [-0.4, -0.2) is 50.1 Å². The smallest absolute Gasteiger partial charge is 0.319 e. The van der Waals surface area contributed by atoms with Crippen molar-refractivity contribution >= 4 is 11.7 Å². The number of anilines is 1. The van der Waals surface area contributed by atoms with Crippen LogP contribution in [0.5, 0.6) is 5.75 Å². The minimum absolute atomic E-state index is 0.0932. The van der Waals surface area contributed by atoms with Crippen LogP contribution in [0.15, 0.2) is 48.7 Å². The Balaban J connectivity index is 1.37. The average Bonchev–Trinajstić information content (AvgIpc) is 2.69. The zero-order valence-electron chi connectivity index (χ0n) is 14.5. The molecule has 7 nitrogen and oxygen atoms in total. The molecular weight excluding hydrogens is 334 g/mol. The SMILES string of the molecule is O=C(NC[C@@H]1COCCO1)Nc1ccc(OCCc2ccccn2)cc1. The van der Waals surface area contributed by atoms with E-state index in [1.54, 1.807) is 18.3 Å². The number of hydrogen-bond acceptors (Lipinski definition) is 5. The lowest BCUT2D eigenvalue weighted by atomic mass is 10.3. The van der Waals surface area contributed by atoms with Gasteiger partial charge in [-0.25, -0.2) is 4.79 Å². The van der Waals surface area contributed by atoms with E-state index in [0.29, 0.717) is 38.7 Å². The number of hydrogen-bond donors (Lipinski definition) is 2. The second-order valence-corrected chi connectivity index (χ2v) is 5.85. The number of amides is 2. The Labute approximate surface area is 152 Å². The fraction of sp³-hybridized carbons (Fsp3) is 0.368. The summed E-state index contributed by atoms with van der Waals surface area (Å²) in [6.45, 7) is 2.65. The van der Waals surface area contributed by atoms with Crippen LogP contribution in [0.2, 0.25) is 0 Å². The van der Waals surface area contributed by atoms with E-state index in [-0.39, 0.29) is 12.1 Å². The van der Waals surface area contributed by atoms with Crippen LogP contribution < -0.4 is 15.4 Å². The summed E-state index contributed by atoms with van der Waals surface area (Å²) in [5, 5.41) is 5.55. The van der Waals surface area contributed by atoms with Crippen molar-refractivity contribution in [3.63, 3.8) is 0 Å². The number of ether oxygens (including phenoxy) is 3. The first-order valence-corrected chi connectivity index (χ1v) is 8.66. The highest BCUT2D eigenvalue weighted by molar-refractivity contribution is 5.89. The number of aromatic nitrogens is 1. The van der Waals surface area contributed by atoms with E-state index in [9.17, 15) is 4.79 Å². The van der Waals surface area contributed by atoms with Gasteiger partial charge in [0.25, 0.3) is 0 Å². The van der Waals surface area contributed by atoms with E-state index in [1.165, 1.54) is 0 Å². The standard InChI is InChI=1S/C19H23N3O4/c23-19(21-13-18-14-24-11-12-26-18)22-16-4-6-17(7-5-16)25-10-8-15-3-1-2-9-20-15/h1-7,9,18H,8,10-14H2,(H2,21,22,23)/t18-/m1/s1. The molecule has 2 heterocycles. The van der Waals surface area contributed by atoms with Crippen LogP contribution in [0.25, 0.3) is 0 Å².